The molecule has 3 rings (SSSR count). The third-order valence-electron chi connectivity index (χ3n) is 3.40. The van der Waals surface area contributed by atoms with E-state index in [2.05, 4.69) is 14.9 Å². The number of fused-ring (bicyclic) bond motifs is 1. The molecule has 0 radical (unpaired) electrons. The summed E-state index contributed by atoms with van der Waals surface area (Å²) in [6.07, 6.45) is 7.00. The average molecular weight is 244 g/mol. The van der Waals surface area contributed by atoms with Crippen LogP contribution in [0.5, 0.6) is 0 Å². The lowest BCUT2D eigenvalue weighted by Crippen LogP contribution is -2.35. The van der Waals surface area contributed by atoms with Crippen molar-refractivity contribution in [2.24, 2.45) is 0 Å². The van der Waals surface area contributed by atoms with Gasteiger partial charge in [-0.1, -0.05) is 6.42 Å². The van der Waals surface area contributed by atoms with E-state index < -0.39 is 0 Å². The molecule has 2 aromatic rings. The zero-order chi connectivity index (χ0) is 12.4. The van der Waals surface area contributed by atoms with Gasteiger partial charge in [0.25, 0.3) is 5.56 Å². The number of piperidine rings is 1. The van der Waals surface area contributed by atoms with E-state index in [4.69, 9.17) is 0 Å². The van der Waals surface area contributed by atoms with Crippen molar-refractivity contribution in [1.29, 1.82) is 0 Å². The fourth-order valence-corrected chi connectivity index (χ4v) is 2.42. The summed E-state index contributed by atoms with van der Waals surface area (Å²) in [5, 5.41) is 0.594. The highest BCUT2D eigenvalue weighted by molar-refractivity contribution is 5.72. The minimum absolute atomic E-state index is 0.00123. The molecule has 0 spiro atoms. The third-order valence-corrected chi connectivity index (χ3v) is 3.40. The molecule has 0 bridgehead atoms. The molecule has 0 unspecified atom stereocenters. The van der Waals surface area contributed by atoms with Crippen LogP contribution in [-0.2, 0) is 6.67 Å². The molecule has 0 N–H and O–H groups in total. The summed E-state index contributed by atoms with van der Waals surface area (Å²) >= 11 is 0. The minimum atomic E-state index is -0.00123. The largest absolute Gasteiger partial charge is 0.286 e. The van der Waals surface area contributed by atoms with Crippen molar-refractivity contribution < 1.29 is 0 Å². The van der Waals surface area contributed by atoms with Gasteiger partial charge in [-0.3, -0.25) is 14.3 Å². The van der Waals surface area contributed by atoms with Gasteiger partial charge in [0.2, 0.25) is 0 Å². The van der Waals surface area contributed by atoms with Gasteiger partial charge in [0.1, 0.15) is 6.33 Å². The van der Waals surface area contributed by atoms with Crippen molar-refractivity contribution in [1.82, 2.24) is 19.4 Å². The first-order valence-corrected chi connectivity index (χ1v) is 6.37. The van der Waals surface area contributed by atoms with Crippen molar-refractivity contribution >= 4 is 11.0 Å². The van der Waals surface area contributed by atoms with E-state index in [1.165, 1.54) is 19.3 Å². The highest BCUT2D eigenvalue weighted by atomic mass is 16.1. The first-order chi connectivity index (χ1) is 8.84. The first kappa shape index (κ1) is 11.3. The molecular weight excluding hydrogens is 228 g/mol. The monoisotopic (exact) mass is 244 g/mol. The number of hydrogen-bond acceptors (Lipinski definition) is 4. The summed E-state index contributed by atoms with van der Waals surface area (Å²) in [5.41, 5.74) is 0.524. The van der Waals surface area contributed by atoms with Gasteiger partial charge < -0.3 is 0 Å². The fraction of sp³-hybridized carbons (Fsp3) is 0.462. The first-order valence-electron chi connectivity index (χ1n) is 6.37. The van der Waals surface area contributed by atoms with Crippen molar-refractivity contribution in [2.75, 3.05) is 13.1 Å². The molecule has 5 nitrogen and oxygen atoms in total. The second-order valence-corrected chi connectivity index (χ2v) is 4.71. The highest BCUT2D eigenvalue weighted by Gasteiger charge is 2.12. The van der Waals surface area contributed by atoms with Crippen molar-refractivity contribution in [3.8, 4) is 0 Å². The molecule has 5 heteroatoms. The summed E-state index contributed by atoms with van der Waals surface area (Å²) in [6.45, 7) is 2.77. The van der Waals surface area contributed by atoms with Crippen LogP contribution in [0, 0.1) is 0 Å². The van der Waals surface area contributed by atoms with E-state index in [1.807, 2.05) is 0 Å². The molecule has 2 aromatic heterocycles. The molecule has 1 saturated heterocycles. The lowest BCUT2D eigenvalue weighted by molar-refractivity contribution is 0.179. The second-order valence-electron chi connectivity index (χ2n) is 4.71. The maximum absolute atomic E-state index is 12.3. The Labute approximate surface area is 105 Å². The van der Waals surface area contributed by atoms with E-state index in [0.717, 1.165) is 13.1 Å². The molecule has 1 aliphatic rings. The Balaban J connectivity index is 1.92. The SMILES string of the molecule is O=c1c2cccnc2ncn1CN1CCCCC1. The number of pyridine rings is 1. The van der Waals surface area contributed by atoms with Crippen LogP contribution in [0.25, 0.3) is 11.0 Å². The van der Waals surface area contributed by atoms with E-state index in [1.54, 1.807) is 29.2 Å². The fourth-order valence-electron chi connectivity index (χ4n) is 2.42. The number of hydrogen-bond donors (Lipinski definition) is 0. The number of likely N-dealkylation sites (tertiary alicyclic amines) is 1. The summed E-state index contributed by atoms with van der Waals surface area (Å²) < 4.78 is 1.68. The molecular formula is C13H16N4O. The van der Waals surface area contributed by atoms with Gasteiger partial charge in [0.15, 0.2) is 5.65 Å². The highest BCUT2D eigenvalue weighted by Crippen LogP contribution is 2.09. The Morgan fingerprint density at radius 1 is 1.17 bits per heavy atom. The lowest BCUT2D eigenvalue weighted by atomic mass is 10.1. The maximum Gasteiger partial charge on any atom is 0.263 e. The lowest BCUT2D eigenvalue weighted by Gasteiger charge is -2.26. The van der Waals surface area contributed by atoms with Gasteiger partial charge in [-0.2, -0.15) is 0 Å². The topological polar surface area (TPSA) is 51.0 Å². The van der Waals surface area contributed by atoms with Gasteiger partial charge in [-0.05, 0) is 38.1 Å². The Kier molecular flexibility index (Phi) is 3.06. The summed E-state index contributed by atoms with van der Waals surface area (Å²) in [7, 11) is 0. The van der Waals surface area contributed by atoms with Crippen LogP contribution in [-0.4, -0.2) is 32.5 Å². The molecule has 18 heavy (non-hydrogen) atoms. The number of aromatic nitrogens is 3. The zero-order valence-electron chi connectivity index (χ0n) is 10.2. The molecule has 0 atom stereocenters. The van der Waals surface area contributed by atoms with Gasteiger partial charge in [0.05, 0.1) is 12.1 Å². The molecule has 1 aliphatic heterocycles. The molecule has 0 amide bonds. The second kappa shape index (κ2) is 4.86. The molecule has 0 saturated carbocycles. The van der Waals surface area contributed by atoms with Gasteiger partial charge in [-0.25, -0.2) is 9.97 Å². The van der Waals surface area contributed by atoms with Crippen LogP contribution in [0.1, 0.15) is 19.3 Å². The Morgan fingerprint density at radius 2 is 2.00 bits per heavy atom. The quantitative estimate of drug-likeness (QED) is 0.797. The molecule has 1 fully saturated rings. The Bertz CT molecular complexity index is 601. The minimum Gasteiger partial charge on any atom is -0.286 e. The molecule has 94 valence electrons. The summed E-state index contributed by atoms with van der Waals surface area (Å²) in [4.78, 5) is 22.9. The van der Waals surface area contributed by atoms with Gasteiger partial charge in [0, 0.05) is 6.20 Å². The molecule has 0 aliphatic carbocycles. The summed E-state index contributed by atoms with van der Waals surface area (Å²) in [5.74, 6) is 0. The number of nitrogens with zero attached hydrogens (tertiary/aromatic N) is 4. The third kappa shape index (κ3) is 2.13. The van der Waals surface area contributed by atoms with Crippen LogP contribution in [0.2, 0.25) is 0 Å². The van der Waals surface area contributed by atoms with E-state index in [-0.39, 0.29) is 5.56 Å². The zero-order valence-corrected chi connectivity index (χ0v) is 10.2. The van der Waals surface area contributed by atoms with Crippen molar-refractivity contribution in [3.05, 3.63) is 35.0 Å². The van der Waals surface area contributed by atoms with E-state index >= 15 is 0 Å². The van der Waals surface area contributed by atoms with Gasteiger partial charge in [-0.15, -0.1) is 0 Å². The van der Waals surface area contributed by atoms with E-state index in [0.29, 0.717) is 17.7 Å². The van der Waals surface area contributed by atoms with Crippen molar-refractivity contribution in [2.45, 2.75) is 25.9 Å². The van der Waals surface area contributed by atoms with E-state index in [9.17, 15) is 4.79 Å². The van der Waals surface area contributed by atoms with Crippen LogP contribution in [0.4, 0.5) is 0 Å². The van der Waals surface area contributed by atoms with Crippen LogP contribution in [0.3, 0.4) is 0 Å². The maximum atomic E-state index is 12.3. The van der Waals surface area contributed by atoms with Gasteiger partial charge >= 0.3 is 0 Å². The van der Waals surface area contributed by atoms with Crippen LogP contribution < -0.4 is 5.56 Å². The Morgan fingerprint density at radius 3 is 2.83 bits per heavy atom. The molecule has 3 heterocycles. The molecule has 0 aromatic carbocycles. The van der Waals surface area contributed by atoms with Crippen LogP contribution >= 0.6 is 0 Å². The normalized spacial score (nSPS) is 17.1. The van der Waals surface area contributed by atoms with Crippen molar-refractivity contribution in [3.63, 3.8) is 0 Å². The van der Waals surface area contributed by atoms with Crippen LogP contribution in [0.15, 0.2) is 29.5 Å². The Hall–Kier alpha value is -1.75. The standard InChI is InChI=1S/C13H16N4O/c18-13-11-5-4-6-14-12(11)15-9-17(13)10-16-7-2-1-3-8-16/h4-6,9H,1-3,7-8,10H2. The summed E-state index contributed by atoms with van der Waals surface area (Å²) in [6, 6.07) is 3.56. The average Bonchev–Trinajstić information content (AvgIpc) is 2.43. The number of rotatable bonds is 2. The predicted molar refractivity (Wildman–Crippen MR) is 69.2 cm³/mol. The predicted octanol–water partition coefficient (Wildman–Crippen LogP) is 1.23. The smallest absolute Gasteiger partial charge is 0.263 e.